The van der Waals surface area contributed by atoms with Gasteiger partial charge in [0.2, 0.25) is 11.6 Å². The van der Waals surface area contributed by atoms with Crippen LogP contribution in [-0.2, 0) is 4.79 Å². The van der Waals surface area contributed by atoms with Crippen LogP contribution in [0.15, 0.2) is 65.9 Å². The van der Waals surface area contributed by atoms with E-state index >= 15 is 0 Å². The first kappa shape index (κ1) is 24.5. The van der Waals surface area contributed by atoms with E-state index < -0.39 is 11.7 Å². The third-order valence-corrected chi connectivity index (χ3v) is 7.03. The summed E-state index contributed by atoms with van der Waals surface area (Å²) in [6, 6.07) is 14.7. The van der Waals surface area contributed by atoms with Crippen LogP contribution < -0.4 is 20.9 Å². The number of aromatic amines is 1. The zero-order valence-electron chi connectivity index (χ0n) is 21.0. The summed E-state index contributed by atoms with van der Waals surface area (Å²) in [6.07, 6.45) is 10.8. The number of rotatable bonds is 7. The molecule has 4 N–H and O–H groups in total. The minimum absolute atomic E-state index is 0.0867. The molecule has 5 rings (SSSR count). The summed E-state index contributed by atoms with van der Waals surface area (Å²) in [6.45, 7) is 2.60. The van der Waals surface area contributed by atoms with Crippen molar-refractivity contribution >= 4 is 41.2 Å². The first-order valence-corrected chi connectivity index (χ1v) is 13.0. The van der Waals surface area contributed by atoms with Crippen LogP contribution >= 0.6 is 0 Å². The maximum atomic E-state index is 14.3. The second kappa shape index (κ2) is 10.9. The van der Waals surface area contributed by atoms with Crippen molar-refractivity contribution in [1.82, 2.24) is 15.3 Å². The third-order valence-electron chi connectivity index (χ3n) is 7.03. The van der Waals surface area contributed by atoms with Crippen LogP contribution in [0.25, 0.3) is 0 Å². The van der Waals surface area contributed by atoms with Crippen molar-refractivity contribution in [3.8, 4) is 0 Å². The highest BCUT2D eigenvalue weighted by Crippen LogP contribution is 2.38. The lowest BCUT2D eigenvalue weighted by molar-refractivity contribution is -0.127. The second-order valence-electron chi connectivity index (χ2n) is 9.60. The number of H-pyrrole nitrogens is 1. The number of carbonyl (C=O) groups excluding carboxylic acids is 2. The number of para-hydroxylation sites is 1. The number of aromatic nitrogens is 2. The summed E-state index contributed by atoms with van der Waals surface area (Å²) in [4.78, 5) is 41.6. The van der Waals surface area contributed by atoms with Gasteiger partial charge in [0.1, 0.15) is 0 Å². The van der Waals surface area contributed by atoms with Crippen molar-refractivity contribution in [2.75, 3.05) is 22.1 Å². The fourth-order valence-electron chi connectivity index (χ4n) is 5.30. The Kier molecular flexibility index (Phi) is 7.20. The molecule has 9 heteroatoms. The number of hydrogen-bond donors (Lipinski definition) is 4. The highest BCUT2D eigenvalue weighted by atomic mass is 16.2. The number of hydrogen-bond acceptors (Lipinski definition) is 5. The van der Waals surface area contributed by atoms with Crippen molar-refractivity contribution in [3.63, 3.8) is 0 Å². The van der Waals surface area contributed by atoms with Crippen LogP contribution in [0, 0.1) is 5.92 Å². The van der Waals surface area contributed by atoms with Crippen LogP contribution in [0.5, 0.6) is 0 Å². The van der Waals surface area contributed by atoms with Crippen molar-refractivity contribution in [1.29, 1.82) is 0 Å². The quantitative estimate of drug-likeness (QED) is 0.347. The normalized spacial score (nSPS) is 19.7. The van der Waals surface area contributed by atoms with Gasteiger partial charge in [0.25, 0.3) is 5.91 Å². The van der Waals surface area contributed by atoms with E-state index in [1.807, 2.05) is 49.4 Å². The molecule has 0 saturated heterocycles. The Bertz CT molecular complexity index is 1270. The van der Waals surface area contributed by atoms with Gasteiger partial charge in [-0.1, -0.05) is 50.5 Å². The molecular weight excluding hydrogens is 466 g/mol. The third kappa shape index (κ3) is 5.21. The van der Waals surface area contributed by atoms with Gasteiger partial charge in [0, 0.05) is 48.0 Å². The Hall–Kier alpha value is -4.14. The van der Waals surface area contributed by atoms with Gasteiger partial charge >= 0.3 is 6.03 Å². The highest BCUT2D eigenvalue weighted by molar-refractivity contribution is 6.09. The number of fused-ring (bicyclic) bond motifs is 1. The standard InChI is InChI=1S/C28H33N7O2/c1-2-17-35-24-14-7-6-9-20(24)19-31-28(25(35)36,21-10-4-3-5-11-21)34-27(37)33-23-13-8-12-22(18-23)32-26-29-15-16-30-26/h6-9,12-16,18-19,21H,2-5,10-11,17H2,1H3,(H2,29,30,32)(H2,33,34,37). The van der Waals surface area contributed by atoms with Gasteiger partial charge in [-0.2, -0.15) is 0 Å². The predicted molar refractivity (Wildman–Crippen MR) is 146 cm³/mol. The number of imidazole rings is 1. The highest BCUT2D eigenvalue weighted by Gasteiger charge is 2.50. The van der Waals surface area contributed by atoms with Crippen molar-refractivity contribution in [2.24, 2.45) is 10.9 Å². The molecule has 2 aromatic carbocycles. The molecule has 3 aromatic rings. The van der Waals surface area contributed by atoms with E-state index in [9.17, 15) is 9.59 Å². The van der Waals surface area contributed by atoms with Crippen LogP contribution in [0.1, 0.15) is 51.0 Å². The topological polar surface area (TPSA) is 115 Å². The number of nitrogens with one attached hydrogen (secondary N) is 4. The summed E-state index contributed by atoms with van der Waals surface area (Å²) >= 11 is 0. The van der Waals surface area contributed by atoms with Crippen LogP contribution in [0.4, 0.5) is 27.8 Å². The number of carbonyl (C=O) groups is 2. The van der Waals surface area contributed by atoms with E-state index in [1.165, 1.54) is 0 Å². The Morgan fingerprint density at radius 1 is 1.11 bits per heavy atom. The number of urea groups is 1. The fraction of sp³-hybridized carbons (Fsp3) is 0.357. The molecule has 192 valence electrons. The Balaban J connectivity index is 1.44. The SMILES string of the molecule is CCCN1C(=O)C(NC(=O)Nc2cccc(Nc3ncc[nH]3)c2)(C2CCCCC2)N=Cc2ccccc21. The second-order valence-corrected chi connectivity index (χ2v) is 9.60. The molecular formula is C28H33N7O2. The molecule has 9 nitrogen and oxygen atoms in total. The number of amides is 3. The number of aliphatic imine (C=N–C) groups is 1. The van der Waals surface area contributed by atoms with Gasteiger partial charge in [0.15, 0.2) is 0 Å². The smallest absolute Gasteiger partial charge is 0.321 e. The van der Waals surface area contributed by atoms with Gasteiger partial charge < -0.3 is 25.8 Å². The molecule has 1 aliphatic carbocycles. The Morgan fingerprint density at radius 2 is 1.92 bits per heavy atom. The summed E-state index contributed by atoms with van der Waals surface area (Å²) < 4.78 is 0. The minimum atomic E-state index is -1.37. The van der Waals surface area contributed by atoms with E-state index in [1.54, 1.807) is 29.6 Å². The largest absolute Gasteiger partial charge is 0.331 e. The zero-order valence-corrected chi connectivity index (χ0v) is 21.0. The van der Waals surface area contributed by atoms with E-state index in [-0.39, 0.29) is 11.8 Å². The molecule has 0 radical (unpaired) electrons. The molecule has 1 unspecified atom stereocenters. The van der Waals surface area contributed by atoms with Crippen molar-refractivity contribution in [3.05, 3.63) is 66.5 Å². The maximum absolute atomic E-state index is 14.3. The monoisotopic (exact) mass is 499 g/mol. The molecule has 0 spiro atoms. The van der Waals surface area contributed by atoms with E-state index in [0.717, 1.165) is 55.5 Å². The maximum Gasteiger partial charge on any atom is 0.321 e. The molecule has 1 atom stereocenters. The number of benzene rings is 2. The van der Waals surface area contributed by atoms with E-state index in [2.05, 4.69) is 25.9 Å². The lowest BCUT2D eigenvalue weighted by Crippen LogP contribution is -2.63. The van der Waals surface area contributed by atoms with E-state index in [0.29, 0.717) is 18.2 Å². The fourth-order valence-corrected chi connectivity index (χ4v) is 5.30. The molecule has 0 bridgehead atoms. The first-order chi connectivity index (χ1) is 18.1. The summed E-state index contributed by atoms with van der Waals surface area (Å²) in [5.74, 6) is 0.342. The molecule has 2 aliphatic rings. The lowest BCUT2D eigenvalue weighted by atomic mass is 9.79. The van der Waals surface area contributed by atoms with Gasteiger partial charge in [-0.15, -0.1) is 0 Å². The predicted octanol–water partition coefficient (Wildman–Crippen LogP) is 5.43. The minimum Gasteiger partial charge on any atom is -0.331 e. The Labute approximate surface area is 216 Å². The average Bonchev–Trinajstić information content (AvgIpc) is 3.39. The summed E-state index contributed by atoms with van der Waals surface area (Å²) in [5, 5.41) is 9.13. The summed E-state index contributed by atoms with van der Waals surface area (Å²) in [7, 11) is 0. The molecule has 37 heavy (non-hydrogen) atoms. The van der Waals surface area contributed by atoms with E-state index in [4.69, 9.17) is 4.99 Å². The van der Waals surface area contributed by atoms with Gasteiger partial charge in [-0.05, 0) is 43.5 Å². The van der Waals surface area contributed by atoms with Crippen molar-refractivity contribution in [2.45, 2.75) is 51.1 Å². The molecule has 1 aliphatic heterocycles. The summed E-state index contributed by atoms with van der Waals surface area (Å²) in [5.41, 5.74) is 1.69. The average molecular weight is 500 g/mol. The lowest BCUT2D eigenvalue weighted by Gasteiger charge is -2.40. The van der Waals surface area contributed by atoms with Gasteiger partial charge in [-0.25, -0.2) is 9.78 Å². The molecule has 2 heterocycles. The van der Waals surface area contributed by atoms with Gasteiger partial charge in [0.05, 0.1) is 5.69 Å². The van der Waals surface area contributed by atoms with Crippen LogP contribution in [-0.4, -0.2) is 40.3 Å². The van der Waals surface area contributed by atoms with Crippen LogP contribution in [0.2, 0.25) is 0 Å². The Morgan fingerprint density at radius 3 is 2.70 bits per heavy atom. The molecule has 1 fully saturated rings. The van der Waals surface area contributed by atoms with Crippen LogP contribution in [0.3, 0.4) is 0 Å². The number of anilines is 4. The first-order valence-electron chi connectivity index (χ1n) is 13.0. The van der Waals surface area contributed by atoms with Crippen molar-refractivity contribution < 1.29 is 9.59 Å². The molecule has 1 aromatic heterocycles. The number of nitrogens with zero attached hydrogens (tertiary/aromatic N) is 3. The molecule has 1 saturated carbocycles. The number of benzodiazepines with no additional fused rings is 1. The molecule has 3 amide bonds. The zero-order chi connectivity index (χ0) is 25.7. The van der Waals surface area contributed by atoms with Gasteiger partial charge in [-0.3, -0.25) is 9.79 Å².